The highest BCUT2D eigenvalue weighted by Gasteiger charge is 2.16. The summed E-state index contributed by atoms with van der Waals surface area (Å²) < 4.78 is 0. The lowest BCUT2D eigenvalue weighted by molar-refractivity contribution is -0.117. The molecule has 11 heteroatoms. The van der Waals surface area contributed by atoms with E-state index >= 15 is 0 Å². The van der Waals surface area contributed by atoms with Gasteiger partial charge in [0.05, 0.1) is 28.5 Å². The Bertz CT molecular complexity index is 1500. The van der Waals surface area contributed by atoms with Gasteiger partial charge in [0.25, 0.3) is 0 Å². The van der Waals surface area contributed by atoms with E-state index in [0.717, 1.165) is 22.0 Å². The molecule has 5 rings (SSSR count). The van der Waals surface area contributed by atoms with Gasteiger partial charge >= 0.3 is 0 Å². The molecule has 176 valence electrons. The van der Waals surface area contributed by atoms with Gasteiger partial charge in [-0.3, -0.25) is 9.89 Å². The van der Waals surface area contributed by atoms with Crippen LogP contribution in [0.4, 0.5) is 16.5 Å². The number of aromatic amines is 1. The van der Waals surface area contributed by atoms with Gasteiger partial charge in [-0.1, -0.05) is 47.2 Å². The van der Waals surface area contributed by atoms with E-state index in [4.69, 9.17) is 17.3 Å². The van der Waals surface area contributed by atoms with Gasteiger partial charge in [0.15, 0.2) is 0 Å². The van der Waals surface area contributed by atoms with Crippen LogP contribution in [-0.2, 0) is 11.2 Å². The minimum atomic E-state index is -0.738. The average Bonchev–Trinajstić information content (AvgIpc) is 3.53. The molecule has 3 aromatic carbocycles. The standard InChI is InChI=1S/C24H20ClN7O2S/c25-21-17-12-27-30-19(17)8-9-20(21)29-24-32-31-23(35-24)14-2-1-3-15(11-14)28-22(34)18(26)10-13-4-6-16(33)7-5-13/h1-9,11-12,18,33H,10,26H2,(H,27,30)(H,28,34)(H,29,32)/t18-/m0/s1. The number of halogens is 1. The van der Waals surface area contributed by atoms with Crippen LogP contribution >= 0.6 is 22.9 Å². The number of nitrogens with one attached hydrogen (secondary N) is 3. The average molecular weight is 506 g/mol. The van der Waals surface area contributed by atoms with Crippen molar-refractivity contribution in [3.8, 4) is 16.3 Å². The van der Waals surface area contributed by atoms with Gasteiger partial charge in [0, 0.05) is 16.6 Å². The third-order valence-corrected chi connectivity index (χ3v) is 6.63. The van der Waals surface area contributed by atoms with Crippen molar-refractivity contribution in [2.75, 3.05) is 10.6 Å². The lowest BCUT2D eigenvalue weighted by atomic mass is 10.1. The Kier molecular flexibility index (Phi) is 6.32. The molecule has 0 bridgehead atoms. The molecule has 5 aromatic rings. The molecule has 0 aliphatic heterocycles. The molecule has 0 aliphatic rings. The number of phenolic OH excluding ortho intramolecular Hbond substituents is 1. The maximum atomic E-state index is 12.6. The van der Waals surface area contributed by atoms with E-state index in [2.05, 4.69) is 31.0 Å². The van der Waals surface area contributed by atoms with Crippen LogP contribution in [-0.4, -0.2) is 37.5 Å². The molecule has 0 saturated carbocycles. The molecule has 2 heterocycles. The fourth-order valence-electron chi connectivity index (χ4n) is 3.53. The molecule has 2 aromatic heterocycles. The molecule has 1 amide bonds. The van der Waals surface area contributed by atoms with Crippen molar-refractivity contribution in [3.63, 3.8) is 0 Å². The van der Waals surface area contributed by atoms with Crippen LogP contribution in [0.5, 0.6) is 5.75 Å². The first-order valence-electron chi connectivity index (χ1n) is 10.6. The van der Waals surface area contributed by atoms with E-state index in [1.807, 2.05) is 30.3 Å². The van der Waals surface area contributed by atoms with Crippen molar-refractivity contribution >= 4 is 56.3 Å². The number of aromatic nitrogens is 4. The summed E-state index contributed by atoms with van der Waals surface area (Å²) in [6, 6.07) is 16.9. The Hall–Kier alpha value is -3.99. The number of hydrogen-bond acceptors (Lipinski definition) is 8. The highest BCUT2D eigenvalue weighted by Crippen LogP contribution is 2.34. The number of nitrogens with zero attached hydrogens (tertiary/aromatic N) is 3. The van der Waals surface area contributed by atoms with Crippen LogP contribution < -0.4 is 16.4 Å². The zero-order valence-corrected chi connectivity index (χ0v) is 19.8. The zero-order valence-electron chi connectivity index (χ0n) is 18.2. The van der Waals surface area contributed by atoms with Crippen molar-refractivity contribution in [2.24, 2.45) is 5.73 Å². The molecule has 0 fully saturated rings. The summed E-state index contributed by atoms with van der Waals surface area (Å²) in [6.07, 6.45) is 2.02. The second-order valence-electron chi connectivity index (χ2n) is 7.84. The zero-order chi connectivity index (χ0) is 24.4. The summed E-state index contributed by atoms with van der Waals surface area (Å²) in [5.41, 5.74) is 9.90. The number of aromatic hydroxyl groups is 1. The molecule has 0 radical (unpaired) electrons. The summed E-state index contributed by atoms with van der Waals surface area (Å²) in [7, 11) is 0. The van der Waals surface area contributed by atoms with Crippen molar-refractivity contribution in [3.05, 3.63) is 77.4 Å². The topological polar surface area (TPSA) is 142 Å². The molecule has 0 saturated heterocycles. The van der Waals surface area contributed by atoms with E-state index in [9.17, 15) is 9.90 Å². The Labute approximate surface area is 209 Å². The van der Waals surface area contributed by atoms with Gasteiger partial charge in [-0.15, -0.1) is 10.2 Å². The third kappa shape index (κ3) is 5.09. The van der Waals surface area contributed by atoms with Crippen LogP contribution in [0, 0.1) is 0 Å². The largest absolute Gasteiger partial charge is 0.508 e. The number of phenols is 1. The first kappa shape index (κ1) is 22.8. The van der Waals surface area contributed by atoms with Crippen LogP contribution in [0.2, 0.25) is 5.02 Å². The number of hydrogen-bond donors (Lipinski definition) is 5. The lowest BCUT2D eigenvalue weighted by Crippen LogP contribution is -2.37. The van der Waals surface area contributed by atoms with Crippen LogP contribution in [0.3, 0.4) is 0 Å². The maximum absolute atomic E-state index is 12.6. The lowest BCUT2D eigenvalue weighted by Gasteiger charge is -2.13. The predicted octanol–water partition coefficient (Wildman–Crippen LogP) is 4.69. The highest BCUT2D eigenvalue weighted by molar-refractivity contribution is 7.18. The van der Waals surface area contributed by atoms with Gasteiger partial charge in [0.1, 0.15) is 10.8 Å². The fraction of sp³-hybridized carbons (Fsp3) is 0.0833. The Balaban J connectivity index is 1.27. The predicted molar refractivity (Wildman–Crippen MR) is 138 cm³/mol. The normalized spacial score (nSPS) is 11.9. The molecule has 9 nitrogen and oxygen atoms in total. The van der Waals surface area contributed by atoms with Gasteiger partial charge in [-0.05, 0) is 48.4 Å². The number of fused-ring (bicyclic) bond motifs is 1. The molecule has 6 N–H and O–H groups in total. The summed E-state index contributed by atoms with van der Waals surface area (Å²) in [5.74, 6) is -0.139. The van der Waals surface area contributed by atoms with Crippen molar-refractivity contribution in [2.45, 2.75) is 12.5 Å². The van der Waals surface area contributed by atoms with Crippen LogP contribution in [0.25, 0.3) is 21.5 Å². The Morgan fingerprint density at radius 1 is 1.14 bits per heavy atom. The second kappa shape index (κ2) is 9.71. The molecule has 35 heavy (non-hydrogen) atoms. The molecule has 0 spiro atoms. The quantitative estimate of drug-likeness (QED) is 0.216. The number of H-pyrrole nitrogens is 1. The van der Waals surface area contributed by atoms with Gasteiger partial charge in [-0.2, -0.15) is 5.10 Å². The molecular formula is C24H20ClN7O2S. The first-order valence-corrected chi connectivity index (χ1v) is 11.8. The van der Waals surface area contributed by atoms with Gasteiger partial charge < -0.3 is 21.5 Å². The van der Waals surface area contributed by atoms with E-state index in [0.29, 0.717) is 33.0 Å². The highest BCUT2D eigenvalue weighted by atomic mass is 35.5. The van der Waals surface area contributed by atoms with E-state index < -0.39 is 6.04 Å². The smallest absolute Gasteiger partial charge is 0.241 e. The third-order valence-electron chi connectivity index (χ3n) is 5.33. The molecule has 1 atom stereocenters. The molecule has 0 unspecified atom stereocenters. The SMILES string of the molecule is N[C@@H](Cc1ccc(O)cc1)C(=O)Nc1cccc(-c2nnc(Nc3ccc4[nH]ncc4c3Cl)s2)c1. The summed E-state index contributed by atoms with van der Waals surface area (Å²) in [4.78, 5) is 12.6. The maximum Gasteiger partial charge on any atom is 0.241 e. The summed E-state index contributed by atoms with van der Waals surface area (Å²) in [5, 5.41) is 33.4. The summed E-state index contributed by atoms with van der Waals surface area (Å²) >= 11 is 7.84. The minimum absolute atomic E-state index is 0.167. The number of amides is 1. The van der Waals surface area contributed by atoms with Crippen molar-refractivity contribution in [1.29, 1.82) is 0 Å². The van der Waals surface area contributed by atoms with E-state index in [-0.39, 0.29) is 11.7 Å². The number of rotatable bonds is 7. The van der Waals surface area contributed by atoms with Crippen LogP contribution in [0.1, 0.15) is 5.56 Å². The Morgan fingerprint density at radius 2 is 1.97 bits per heavy atom. The number of carbonyl (C=O) groups is 1. The minimum Gasteiger partial charge on any atom is -0.508 e. The van der Waals surface area contributed by atoms with Crippen LogP contribution in [0.15, 0.2) is 66.9 Å². The first-order chi connectivity index (χ1) is 17.0. The Morgan fingerprint density at radius 3 is 2.80 bits per heavy atom. The molecule has 0 aliphatic carbocycles. The fourth-order valence-corrected chi connectivity index (χ4v) is 4.54. The van der Waals surface area contributed by atoms with E-state index in [1.54, 1.807) is 36.5 Å². The van der Waals surface area contributed by atoms with Crippen molar-refractivity contribution in [1.82, 2.24) is 20.4 Å². The monoisotopic (exact) mass is 505 g/mol. The number of nitrogens with two attached hydrogens (primary N) is 1. The number of anilines is 3. The number of carbonyl (C=O) groups excluding carboxylic acids is 1. The second-order valence-corrected chi connectivity index (χ2v) is 9.20. The van der Waals surface area contributed by atoms with Gasteiger partial charge in [-0.25, -0.2) is 0 Å². The van der Waals surface area contributed by atoms with Gasteiger partial charge in [0.2, 0.25) is 11.0 Å². The van der Waals surface area contributed by atoms with Crippen molar-refractivity contribution < 1.29 is 9.90 Å². The van der Waals surface area contributed by atoms with E-state index in [1.165, 1.54) is 11.3 Å². The molecular weight excluding hydrogens is 486 g/mol. The number of benzene rings is 3. The summed E-state index contributed by atoms with van der Waals surface area (Å²) in [6.45, 7) is 0.